The predicted molar refractivity (Wildman–Crippen MR) is 38.0 cm³/mol. The van der Waals surface area contributed by atoms with E-state index < -0.39 is 14.1 Å². The van der Waals surface area contributed by atoms with Crippen LogP contribution in [0.4, 0.5) is 0 Å². The second-order valence-electron chi connectivity index (χ2n) is 1.52. The molecule has 0 spiro atoms. The minimum absolute atomic E-state index is 0. The summed E-state index contributed by atoms with van der Waals surface area (Å²) < 4.78 is 24.0. The van der Waals surface area contributed by atoms with Crippen LogP contribution in [0.2, 0.25) is 0 Å². The smallest absolute Gasteiger partial charge is 0.412 e. The average Bonchev–Trinajstić information content (AvgIpc) is 1.87. The summed E-state index contributed by atoms with van der Waals surface area (Å²) in [5.41, 5.74) is 0. The van der Waals surface area contributed by atoms with Crippen LogP contribution in [-0.4, -0.2) is 31.1 Å². The van der Waals surface area contributed by atoms with Crippen molar-refractivity contribution in [2.75, 3.05) is 14.2 Å². The van der Waals surface area contributed by atoms with Crippen molar-refractivity contribution in [1.29, 1.82) is 0 Å². The first-order valence-corrected chi connectivity index (χ1v) is 4.08. The predicted octanol–water partition coefficient (Wildman–Crippen LogP) is -0.0825. The molecule has 0 amide bonds. The number of hydrogen-bond acceptors (Lipinski definition) is 5. The Hall–Kier alpha value is 0.0300. The highest BCUT2D eigenvalue weighted by Crippen LogP contribution is 2.48. The molecule has 0 aromatic carbocycles. The first kappa shape index (κ1) is 13.6. The Balaban J connectivity index is 0. The molecular weight excluding hydrogens is 175 g/mol. The van der Waals surface area contributed by atoms with E-state index in [1.807, 2.05) is 0 Å². The van der Waals surface area contributed by atoms with E-state index in [1.165, 1.54) is 21.1 Å². The van der Waals surface area contributed by atoms with Crippen molar-refractivity contribution in [2.45, 2.75) is 13.2 Å². The van der Waals surface area contributed by atoms with Gasteiger partial charge in [-0.15, -0.1) is 0 Å². The zero-order valence-corrected chi connectivity index (χ0v) is 7.50. The first-order valence-electron chi connectivity index (χ1n) is 2.62. The summed E-state index contributed by atoms with van der Waals surface area (Å²) >= 11 is 0. The van der Waals surface area contributed by atoms with Crippen molar-refractivity contribution >= 4 is 7.82 Å². The van der Waals surface area contributed by atoms with Crippen molar-refractivity contribution < 1.29 is 28.7 Å². The van der Waals surface area contributed by atoms with Crippen molar-refractivity contribution in [3.8, 4) is 0 Å². The number of aliphatic hydroxyl groups is 1. The Morgan fingerprint density at radius 1 is 1.36 bits per heavy atom. The fourth-order valence-electron chi connectivity index (χ4n) is 0.347. The molecule has 0 rings (SSSR count). The molecule has 0 aliphatic carbocycles. The van der Waals surface area contributed by atoms with Gasteiger partial charge in [0.2, 0.25) is 0 Å². The molecule has 0 aromatic rings. The minimum Gasteiger partial charge on any atom is -0.412 e. The van der Waals surface area contributed by atoms with Gasteiger partial charge < -0.3 is 10.6 Å². The van der Waals surface area contributed by atoms with Gasteiger partial charge in [0.1, 0.15) is 0 Å². The van der Waals surface area contributed by atoms with Crippen LogP contribution in [0.3, 0.4) is 0 Å². The molecule has 3 N–H and O–H groups in total. The molecule has 1 unspecified atom stereocenters. The lowest BCUT2D eigenvalue weighted by Crippen LogP contribution is -2.05. The Bertz CT molecular complexity index is 127. The normalized spacial score (nSPS) is 13.8. The van der Waals surface area contributed by atoms with Gasteiger partial charge in [-0.1, -0.05) is 0 Å². The third kappa shape index (κ3) is 5.32. The van der Waals surface area contributed by atoms with Crippen LogP contribution in [0, 0.1) is 0 Å². The van der Waals surface area contributed by atoms with E-state index in [0.717, 1.165) is 0 Å². The second kappa shape index (κ2) is 5.65. The summed E-state index contributed by atoms with van der Waals surface area (Å²) in [5.74, 6) is 0. The van der Waals surface area contributed by atoms with E-state index in [9.17, 15) is 4.57 Å². The number of rotatable bonds is 4. The van der Waals surface area contributed by atoms with E-state index in [4.69, 9.17) is 5.11 Å². The summed E-state index contributed by atoms with van der Waals surface area (Å²) in [5, 5.41) is 8.60. The van der Waals surface area contributed by atoms with Crippen molar-refractivity contribution in [2.24, 2.45) is 0 Å². The second-order valence-corrected chi connectivity index (χ2v) is 3.35. The average molecular weight is 188 g/mol. The lowest BCUT2D eigenvalue weighted by molar-refractivity contribution is -0.0280. The van der Waals surface area contributed by atoms with Crippen LogP contribution in [0.25, 0.3) is 0 Å². The summed E-state index contributed by atoms with van der Waals surface area (Å²) in [6.07, 6.45) is -1.16. The van der Waals surface area contributed by atoms with Gasteiger partial charge in [-0.25, -0.2) is 4.57 Å². The van der Waals surface area contributed by atoms with Crippen molar-refractivity contribution in [3.05, 3.63) is 0 Å². The standard InChI is InChI=1S/C4H11O5P.H2O/c1-4(5)9-10(6,7-2)8-3;/h4-5H,1-3H3;1H2. The van der Waals surface area contributed by atoms with Crippen molar-refractivity contribution in [1.82, 2.24) is 0 Å². The Morgan fingerprint density at radius 2 is 1.73 bits per heavy atom. The zero-order chi connectivity index (χ0) is 8.20. The monoisotopic (exact) mass is 188 g/mol. The van der Waals surface area contributed by atoms with E-state index in [1.54, 1.807) is 0 Å². The minimum atomic E-state index is -3.49. The number of aliphatic hydroxyl groups excluding tert-OH is 1. The third-order valence-electron chi connectivity index (χ3n) is 0.729. The first-order chi connectivity index (χ1) is 4.54. The van der Waals surface area contributed by atoms with Crippen molar-refractivity contribution in [3.63, 3.8) is 0 Å². The van der Waals surface area contributed by atoms with E-state index in [-0.39, 0.29) is 5.48 Å². The molecule has 0 saturated carbocycles. The highest BCUT2D eigenvalue weighted by molar-refractivity contribution is 7.48. The fourth-order valence-corrected chi connectivity index (χ4v) is 1.04. The summed E-state index contributed by atoms with van der Waals surface area (Å²) in [4.78, 5) is 0. The fraction of sp³-hybridized carbons (Fsp3) is 1.00. The molecule has 7 heteroatoms. The van der Waals surface area contributed by atoms with E-state index >= 15 is 0 Å². The van der Waals surface area contributed by atoms with Crippen LogP contribution in [0.5, 0.6) is 0 Å². The van der Waals surface area contributed by atoms with Crippen LogP contribution < -0.4 is 0 Å². The molecular formula is C4H13O6P. The summed E-state index contributed by atoms with van der Waals surface area (Å²) in [6, 6.07) is 0. The maximum atomic E-state index is 10.9. The van der Waals surface area contributed by atoms with Gasteiger partial charge in [-0.05, 0) is 6.92 Å². The third-order valence-corrected chi connectivity index (χ3v) is 2.19. The van der Waals surface area contributed by atoms with Gasteiger partial charge in [0.15, 0.2) is 6.29 Å². The van der Waals surface area contributed by atoms with E-state index in [0.29, 0.717) is 0 Å². The summed E-state index contributed by atoms with van der Waals surface area (Å²) in [7, 11) is -1.14. The topological polar surface area (TPSA) is 96.5 Å². The van der Waals surface area contributed by atoms with E-state index in [2.05, 4.69) is 13.6 Å². The molecule has 0 aliphatic rings. The Kier molecular flexibility index (Phi) is 6.99. The van der Waals surface area contributed by atoms with Crippen LogP contribution in [0.1, 0.15) is 6.92 Å². The maximum absolute atomic E-state index is 10.9. The SMILES string of the molecule is COP(=O)(OC)OC(C)O.O. The molecule has 6 nitrogen and oxygen atoms in total. The number of hydrogen-bond donors (Lipinski definition) is 1. The number of phosphoric ester groups is 1. The maximum Gasteiger partial charge on any atom is 0.476 e. The lowest BCUT2D eigenvalue weighted by Gasteiger charge is -2.14. The molecule has 0 radical (unpaired) electrons. The largest absolute Gasteiger partial charge is 0.476 e. The molecule has 0 aromatic heterocycles. The van der Waals surface area contributed by atoms with Gasteiger partial charge in [0, 0.05) is 14.2 Å². The Morgan fingerprint density at radius 3 is 1.82 bits per heavy atom. The van der Waals surface area contributed by atoms with Gasteiger partial charge >= 0.3 is 7.82 Å². The molecule has 0 fully saturated rings. The highest BCUT2D eigenvalue weighted by Gasteiger charge is 2.24. The van der Waals surface area contributed by atoms with Gasteiger partial charge in [-0.2, -0.15) is 0 Å². The molecule has 0 bridgehead atoms. The number of phosphoric acid groups is 1. The molecule has 11 heavy (non-hydrogen) atoms. The Labute approximate surface area is 65.0 Å². The van der Waals surface area contributed by atoms with Gasteiger partial charge in [0.05, 0.1) is 0 Å². The molecule has 1 atom stereocenters. The molecule has 70 valence electrons. The van der Waals surface area contributed by atoms with Crippen LogP contribution >= 0.6 is 7.82 Å². The molecule has 0 saturated heterocycles. The zero-order valence-electron chi connectivity index (χ0n) is 6.60. The quantitative estimate of drug-likeness (QED) is 0.491. The molecule has 0 heterocycles. The summed E-state index contributed by atoms with van der Waals surface area (Å²) in [6.45, 7) is 1.31. The van der Waals surface area contributed by atoms with Gasteiger partial charge in [-0.3, -0.25) is 13.6 Å². The van der Waals surface area contributed by atoms with Crippen LogP contribution in [0.15, 0.2) is 0 Å². The highest BCUT2D eigenvalue weighted by atomic mass is 31.2. The van der Waals surface area contributed by atoms with Gasteiger partial charge in [0.25, 0.3) is 0 Å². The van der Waals surface area contributed by atoms with Crippen LogP contribution in [-0.2, 0) is 18.1 Å². The molecule has 0 aliphatic heterocycles. The lowest BCUT2D eigenvalue weighted by atomic mass is 10.8.